The number of hydrogen-bond acceptors (Lipinski definition) is 1. The van der Waals surface area contributed by atoms with E-state index in [0.29, 0.717) is 18.4 Å². The van der Waals surface area contributed by atoms with E-state index < -0.39 is 11.6 Å². The normalized spacial score (nSPS) is 10.1. The third kappa shape index (κ3) is 3.01. The highest BCUT2D eigenvalue weighted by Crippen LogP contribution is 2.22. The van der Waals surface area contributed by atoms with Crippen LogP contribution in [0.2, 0.25) is 0 Å². The highest BCUT2D eigenvalue weighted by Gasteiger charge is 2.10. The molecule has 0 atom stereocenters. The lowest BCUT2D eigenvalue weighted by Gasteiger charge is -2.09. The monoisotopic (exact) mass is 213 g/mol. The van der Waals surface area contributed by atoms with Crippen LogP contribution in [0, 0.1) is 11.6 Å². The average Bonchev–Trinajstić information content (AvgIpc) is 2.19. The molecule has 0 unspecified atom stereocenters. The van der Waals surface area contributed by atoms with Crippen LogP contribution in [0.4, 0.5) is 14.5 Å². The van der Waals surface area contributed by atoms with Crippen LogP contribution in [-0.4, -0.2) is 6.41 Å². The average molecular weight is 213 g/mol. The molecule has 0 aliphatic heterocycles. The number of carbonyl (C=O) groups excluding carboxylic acids is 1. The number of unbranched alkanes of at least 4 members (excludes halogenated alkanes) is 1. The van der Waals surface area contributed by atoms with Crippen molar-refractivity contribution >= 4 is 12.1 Å². The lowest BCUT2D eigenvalue weighted by molar-refractivity contribution is -0.105. The van der Waals surface area contributed by atoms with Gasteiger partial charge >= 0.3 is 0 Å². The molecule has 1 amide bonds. The first-order valence-corrected chi connectivity index (χ1v) is 4.87. The van der Waals surface area contributed by atoms with Gasteiger partial charge in [0.25, 0.3) is 0 Å². The van der Waals surface area contributed by atoms with Crippen LogP contribution in [0.5, 0.6) is 0 Å². The van der Waals surface area contributed by atoms with Gasteiger partial charge < -0.3 is 5.32 Å². The Morgan fingerprint density at radius 2 is 2.13 bits per heavy atom. The van der Waals surface area contributed by atoms with E-state index in [-0.39, 0.29) is 5.69 Å². The third-order valence-corrected chi connectivity index (χ3v) is 2.14. The van der Waals surface area contributed by atoms with Crippen molar-refractivity contribution in [2.24, 2.45) is 0 Å². The fourth-order valence-electron chi connectivity index (χ4n) is 1.41. The van der Waals surface area contributed by atoms with Crippen molar-refractivity contribution in [3.05, 3.63) is 29.3 Å². The number of amides is 1. The topological polar surface area (TPSA) is 29.1 Å². The Morgan fingerprint density at radius 1 is 1.40 bits per heavy atom. The van der Waals surface area contributed by atoms with Crippen LogP contribution in [-0.2, 0) is 11.2 Å². The summed E-state index contributed by atoms with van der Waals surface area (Å²) in [6.45, 7) is 1.99. The molecule has 4 heteroatoms. The summed E-state index contributed by atoms with van der Waals surface area (Å²) in [7, 11) is 0. The maximum atomic E-state index is 13.3. The minimum Gasteiger partial charge on any atom is -0.326 e. The lowest BCUT2D eigenvalue weighted by atomic mass is 10.1. The summed E-state index contributed by atoms with van der Waals surface area (Å²) in [5.41, 5.74) is 0.585. The summed E-state index contributed by atoms with van der Waals surface area (Å²) in [5.74, 6) is -1.34. The standard InChI is InChI=1S/C11H13F2NO/c1-2-3-4-8-5-9(12)6-10(13)11(8)14-7-15/h5-7H,2-4H2,1H3,(H,14,15). The molecule has 0 aromatic heterocycles. The maximum absolute atomic E-state index is 13.3. The van der Waals surface area contributed by atoms with Crippen LogP contribution in [0.3, 0.4) is 0 Å². The zero-order chi connectivity index (χ0) is 11.3. The number of halogens is 2. The first-order valence-electron chi connectivity index (χ1n) is 4.87. The number of rotatable bonds is 5. The second-order valence-corrected chi connectivity index (χ2v) is 3.29. The largest absolute Gasteiger partial charge is 0.326 e. The van der Waals surface area contributed by atoms with Crippen molar-refractivity contribution in [2.75, 3.05) is 5.32 Å². The summed E-state index contributed by atoms with van der Waals surface area (Å²) in [4.78, 5) is 10.3. The Bertz CT molecular complexity index is 353. The first-order chi connectivity index (χ1) is 7.19. The Kier molecular flexibility index (Phi) is 4.21. The molecule has 0 aliphatic carbocycles. The summed E-state index contributed by atoms with van der Waals surface area (Å²) < 4.78 is 26.2. The molecular formula is C11H13F2NO. The van der Waals surface area contributed by atoms with E-state index in [9.17, 15) is 13.6 Å². The van der Waals surface area contributed by atoms with E-state index >= 15 is 0 Å². The highest BCUT2D eigenvalue weighted by atomic mass is 19.1. The maximum Gasteiger partial charge on any atom is 0.211 e. The molecule has 0 spiro atoms. The lowest BCUT2D eigenvalue weighted by Crippen LogP contribution is -2.03. The molecule has 0 radical (unpaired) electrons. The Labute approximate surface area is 87.3 Å². The second kappa shape index (κ2) is 5.44. The number of benzene rings is 1. The smallest absolute Gasteiger partial charge is 0.211 e. The number of hydrogen-bond donors (Lipinski definition) is 1. The number of carbonyl (C=O) groups is 1. The molecule has 0 bridgehead atoms. The molecule has 0 fully saturated rings. The quantitative estimate of drug-likeness (QED) is 0.748. The Balaban J connectivity index is 3.02. The minimum absolute atomic E-state index is 0.0832. The van der Waals surface area contributed by atoms with E-state index in [4.69, 9.17) is 0 Å². The molecule has 1 N–H and O–H groups in total. The number of aryl methyl sites for hydroxylation is 1. The molecule has 0 heterocycles. The van der Waals surface area contributed by atoms with Gasteiger partial charge in [-0.1, -0.05) is 13.3 Å². The van der Waals surface area contributed by atoms with Gasteiger partial charge in [0, 0.05) is 6.07 Å². The minimum atomic E-state index is -0.729. The van der Waals surface area contributed by atoms with Crippen LogP contribution < -0.4 is 5.32 Å². The predicted molar refractivity (Wildman–Crippen MR) is 54.7 cm³/mol. The van der Waals surface area contributed by atoms with Gasteiger partial charge in [0.1, 0.15) is 11.6 Å². The Morgan fingerprint density at radius 3 is 2.73 bits per heavy atom. The van der Waals surface area contributed by atoms with E-state index in [1.165, 1.54) is 6.07 Å². The summed E-state index contributed by atoms with van der Waals surface area (Å²) in [6.07, 6.45) is 2.71. The van der Waals surface area contributed by atoms with Crippen LogP contribution >= 0.6 is 0 Å². The van der Waals surface area contributed by atoms with Gasteiger partial charge in [-0.3, -0.25) is 4.79 Å². The third-order valence-electron chi connectivity index (χ3n) is 2.14. The van der Waals surface area contributed by atoms with Gasteiger partial charge in [-0.05, 0) is 24.5 Å². The van der Waals surface area contributed by atoms with Gasteiger partial charge in [-0.25, -0.2) is 8.78 Å². The van der Waals surface area contributed by atoms with Gasteiger partial charge in [0.05, 0.1) is 5.69 Å². The predicted octanol–water partition coefficient (Wildman–Crippen LogP) is 2.88. The molecule has 15 heavy (non-hydrogen) atoms. The molecule has 82 valence electrons. The molecule has 1 rings (SSSR count). The Hall–Kier alpha value is -1.45. The van der Waals surface area contributed by atoms with Crippen molar-refractivity contribution in [3.63, 3.8) is 0 Å². The van der Waals surface area contributed by atoms with Gasteiger partial charge in [-0.15, -0.1) is 0 Å². The molecule has 1 aromatic carbocycles. The van der Waals surface area contributed by atoms with Crippen LogP contribution in [0.15, 0.2) is 12.1 Å². The summed E-state index contributed by atoms with van der Waals surface area (Å²) in [6, 6.07) is 2.02. The summed E-state index contributed by atoms with van der Waals surface area (Å²) in [5, 5.41) is 2.26. The van der Waals surface area contributed by atoms with Crippen molar-refractivity contribution in [1.82, 2.24) is 0 Å². The zero-order valence-electron chi connectivity index (χ0n) is 8.52. The van der Waals surface area contributed by atoms with Crippen molar-refractivity contribution in [1.29, 1.82) is 0 Å². The SMILES string of the molecule is CCCCc1cc(F)cc(F)c1NC=O. The van der Waals surface area contributed by atoms with E-state index in [0.717, 1.165) is 18.9 Å². The second-order valence-electron chi connectivity index (χ2n) is 3.29. The summed E-state index contributed by atoms with van der Waals surface area (Å²) >= 11 is 0. The van der Waals surface area contributed by atoms with Crippen molar-refractivity contribution in [2.45, 2.75) is 26.2 Å². The van der Waals surface area contributed by atoms with E-state index in [2.05, 4.69) is 5.32 Å². The van der Waals surface area contributed by atoms with Crippen LogP contribution in [0.25, 0.3) is 0 Å². The number of anilines is 1. The van der Waals surface area contributed by atoms with E-state index in [1.54, 1.807) is 0 Å². The number of nitrogens with one attached hydrogen (secondary N) is 1. The fourth-order valence-corrected chi connectivity index (χ4v) is 1.41. The van der Waals surface area contributed by atoms with Gasteiger partial charge in [-0.2, -0.15) is 0 Å². The molecule has 0 saturated heterocycles. The first kappa shape index (κ1) is 11.6. The molecule has 0 aliphatic rings. The highest BCUT2D eigenvalue weighted by molar-refractivity contribution is 5.73. The van der Waals surface area contributed by atoms with Crippen molar-refractivity contribution < 1.29 is 13.6 Å². The molecule has 2 nitrogen and oxygen atoms in total. The fraction of sp³-hybridized carbons (Fsp3) is 0.364. The van der Waals surface area contributed by atoms with Gasteiger partial charge in [0.2, 0.25) is 6.41 Å². The van der Waals surface area contributed by atoms with Crippen molar-refractivity contribution in [3.8, 4) is 0 Å². The molecule has 0 saturated carbocycles. The zero-order valence-corrected chi connectivity index (χ0v) is 8.52. The molecule has 1 aromatic rings. The van der Waals surface area contributed by atoms with E-state index in [1.807, 2.05) is 6.92 Å². The van der Waals surface area contributed by atoms with Gasteiger partial charge in [0.15, 0.2) is 0 Å². The van der Waals surface area contributed by atoms with Crippen LogP contribution in [0.1, 0.15) is 25.3 Å². The molecular weight excluding hydrogens is 200 g/mol.